The zero-order chi connectivity index (χ0) is 21.2. The maximum Gasteiger partial charge on any atom is 0.143 e. The number of hydrogen-bond acceptors (Lipinski definition) is 5. The van der Waals surface area contributed by atoms with Gasteiger partial charge in [0.1, 0.15) is 23.6 Å². The predicted octanol–water partition coefficient (Wildman–Crippen LogP) is 4.02. The first-order chi connectivity index (χ1) is 15.7. The second kappa shape index (κ2) is 7.25. The van der Waals surface area contributed by atoms with Gasteiger partial charge in [0.05, 0.1) is 24.6 Å². The van der Waals surface area contributed by atoms with E-state index < -0.39 is 0 Å². The molecule has 0 unspecified atom stereocenters. The normalized spacial score (nSPS) is 29.9. The number of hydrogen-bond donors (Lipinski definition) is 2. The molecule has 2 aliphatic heterocycles. The molecule has 0 bridgehead atoms. The third-order valence-electron chi connectivity index (χ3n) is 8.03. The minimum Gasteiger partial charge on any atom is -0.381 e. The topological polar surface area (TPSA) is 66.1 Å². The van der Waals surface area contributed by atoms with Gasteiger partial charge in [-0.25, -0.2) is 14.4 Å². The van der Waals surface area contributed by atoms with Crippen molar-refractivity contribution >= 4 is 16.9 Å². The van der Waals surface area contributed by atoms with Crippen LogP contribution in [0, 0.1) is 17.7 Å². The molecule has 1 saturated carbocycles. The van der Waals surface area contributed by atoms with Crippen LogP contribution in [-0.4, -0.2) is 52.2 Å². The van der Waals surface area contributed by atoms with Crippen molar-refractivity contribution in [2.45, 2.75) is 43.7 Å². The SMILES string of the molecule is Fc1ccc2c(c1)CC[C@H](N1C[C@@H]3COC[C@H]3C1)[C@H]2Nc1ncnc2[nH]c(C3CC3)cc12. The van der Waals surface area contributed by atoms with Crippen LogP contribution in [0.4, 0.5) is 10.2 Å². The molecule has 0 amide bonds. The summed E-state index contributed by atoms with van der Waals surface area (Å²) in [6.45, 7) is 3.93. The van der Waals surface area contributed by atoms with E-state index >= 15 is 0 Å². The van der Waals surface area contributed by atoms with Crippen molar-refractivity contribution < 1.29 is 9.13 Å². The number of aromatic nitrogens is 3. The summed E-state index contributed by atoms with van der Waals surface area (Å²) >= 11 is 0. The highest BCUT2D eigenvalue weighted by Gasteiger charge is 2.43. The van der Waals surface area contributed by atoms with Gasteiger partial charge in [-0.2, -0.15) is 0 Å². The minimum atomic E-state index is -0.155. The van der Waals surface area contributed by atoms with Crippen molar-refractivity contribution in [1.82, 2.24) is 19.9 Å². The van der Waals surface area contributed by atoms with Crippen molar-refractivity contribution in [1.29, 1.82) is 0 Å². The molecule has 4 heterocycles. The third kappa shape index (κ3) is 3.13. The Morgan fingerprint density at radius 3 is 2.72 bits per heavy atom. The number of fused-ring (bicyclic) bond motifs is 3. The van der Waals surface area contributed by atoms with Gasteiger partial charge in [-0.05, 0) is 60.9 Å². The van der Waals surface area contributed by atoms with Crippen molar-refractivity contribution in [2.75, 3.05) is 31.6 Å². The number of benzene rings is 1. The second-order valence-electron chi connectivity index (χ2n) is 10.1. The number of aryl methyl sites for hydroxylation is 1. The van der Waals surface area contributed by atoms with Gasteiger partial charge in [-0.1, -0.05) is 6.07 Å². The van der Waals surface area contributed by atoms with Crippen molar-refractivity contribution in [3.05, 3.63) is 53.2 Å². The first-order valence-corrected chi connectivity index (χ1v) is 11.9. The Labute approximate surface area is 186 Å². The lowest BCUT2D eigenvalue weighted by Crippen LogP contribution is -2.44. The van der Waals surface area contributed by atoms with E-state index in [1.165, 1.54) is 24.1 Å². The van der Waals surface area contributed by atoms with Crippen LogP contribution in [0.1, 0.15) is 48.0 Å². The molecule has 7 rings (SSSR count). The number of anilines is 1. The maximum absolute atomic E-state index is 14.0. The Bertz CT molecular complexity index is 1160. The van der Waals surface area contributed by atoms with E-state index in [0.29, 0.717) is 23.8 Å². The average Bonchev–Trinajstić information content (AvgIpc) is 3.20. The molecule has 2 N–H and O–H groups in total. The van der Waals surface area contributed by atoms with Gasteiger partial charge < -0.3 is 15.0 Å². The molecule has 2 aromatic heterocycles. The standard InChI is InChI=1S/C25H28FN5O/c26-18-4-5-19-15(7-18)3-6-22(31-9-16-11-32-12-17(16)10-31)23(19)30-25-20-8-21(14-1-2-14)29-24(20)27-13-28-25/h4-5,7-8,13-14,16-17,22-23H,1-3,6,9-12H2,(H2,27,28,29,30)/t16-,17-,22+,23+/m1/s1. The van der Waals surface area contributed by atoms with Gasteiger partial charge in [0.15, 0.2) is 0 Å². The Balaban J connectivity index is 1.26. The lowest BCUT2D eigenvalue weighted by Gasteiger charge is -2.40. The number of rotatable bonds is 4. The highest BCUT2D eigenvalue weighted by Crippen LogP contribution is 2.43. The quantitative estimate of drug-likeness (QED) is 0.651. The van der Waals surface area contributed by atoms with E-state index in [0.717, 1.165) is 61.6 Å². The van der Waals surface area contributed by atoms with Crippen molar-refractivity contribution in [2.24, 2.45) is 11.8 Å². The number of likely N-dealkylation sites (tertiary alicyclic amines) is 1. The molecule has 3 fully saturated rings. The molecule has 4 atom stereocenters. The predicted molar refractivity (Wildman–Crippen MR) is 120 cm³/mol. The summed E-state index contributed by atoms with van der Waals surface area (Å²) in [5.74, 6) is 2.63. The van der Waals surface area contributed by atoms with Gasteiger partial charge in [-0.3, -0.25) is 4.90 Å². The molecule has 6 nitrogen and oxygen atoms in total. The fraction of sp³-hybridized carbons (Fsp3) is 0.520. The van der Waals surface area contributed by atoms with Gasteiger partial charge >= 0.3 is 0 Å². The molecule has 7 heteroatoms. The Hall–Kier alpha value is -2.51. The summed E-state index contributed by atoms with van der Waals surface area (Å²) in [7, 11) is 0. The van der Waals surface area contributed by atoms with Crippen LogP contribution in [0.5, 0.6) is 0 Å². The van der Waals surface area contributed by atoms with E-state index in [2.05, 4.69) is 31.2 Å². The smallest absolute Gasteiger partial charge is 0.143 e. The fourth-order valence-corrected chi connectivity index (χ4v) is 6.17. The Morgan fingerprint density at radius 2 is 1.91 bits per heavy atom. The van der Waals surface area contributed by atoms with Crippen molar-refractivity contribution in [3.8, 4) is 0 Å². The van der Waals surface area contributed by atoms with Crippen LogP contribution < -0.4 is 5.32 Å². The minimum absolute atomic E-state index is 0.0662. The molecule has 3 aromatic rings. The van der Waals surface area contributed by atoms with Gasteiger partial charge in [0.2, 0.25) is 0 Å². The summed E-state index contributed by atoms with van der Waals surface area (Å²) < 4.78 is 19.7. The third-order valence-corrected chi connectivity index (χ3v) is 8.03. The van der Waals surface area contributed by atoms with Crippen LogP contribution in [0.15, 0.2) is 30.6 Å². The van der Waals surface area contributed by atoms with E-state index in [9.17, 15) is 4.39 Å². The Morgan fingerprint density at radius 1 is 1.06 bits per heavy atom. The summed E-state index contributed by atoms with van der Waals surface area (Å²) in [5.41, 5.74) is 4.46. The number of ether oxygens (including phenoxy) is 1. The molecule has 0 radical (unpaired) electrons. The molecular weight excluding hydrogens is 405 g/mol. The summed E-state index contributed by atoms with van der Waals surface area (Å²) in [4.78, 5) is 15.3. The number of halogens is 1. The number of aromatic amines is 1. The van der Waals surface area contributed by atoms with Crippen LogP contribution in [0.3, 0.4) is 0 Å². The highest BCUT2D eigenvalue weighted by molar-refractivity contribution is 5.88. The fourth-order valence-electron chi connectivity index (χ4n) is 6.17. The number of H-pyrrole nitrogens is 1. The monoisotopic (exact) mass is 433 g/mol. The number of nitrogens with one attached hydrogen (secondary N) is 2. The summed E-state index contributed by atoms with van der Waals surface area (Å²) in [6, 6.07) is 7.92. The zero-order valence-electron chi connectivity index (χ0n) is 18.1. The largest absolute Gasteiger partial charge is 0.381 e. The molecule has 1 aromatic carbocycles. The first kappa shape index (κ1) is 19.0. The molecule has 166 valence electrons. The summed E-state index contributed by atoms with van der Waals surface area (Å²) in [5, 5.41) is 4.85. The molecule has 4 aliphatic rings. The van der Waals surface area contributed by atoms with Crippen LogP contribution in [-0.2, 0) is 11.2 Å². The molecule has 2 saturated heterocycles. The lowest BCUT2D eigenvalue weighted by molar-refractivity contribution is 0.127. The van der Waals surface area contributed by atoms with E-state index in [1.807, 2.05) is 6.07 Å². The highest BCUT2D eigenvalue weighted by atomic mass is 19.1. The molecule has 0 spiro atoms. The average molecular weight is 434 g/mol. The maximum atomic E-state index is 14.0. The van der Waals surface area contributed by atoms with E-state index in [1.54, 1.807) is 18.5 Å². The number of nitrogens with zero attached hydrogens (tertiary/aromatic N) is 3. The Kier molecular flexibility index (Phi) is 4.31. The van der Waals surface area contributed by atoms with Crippen LogP contribution >= 0.6 is 0 Å². The zero-order valence-corrected chi connectivity index (χ0v) is 18.1. The van der Waals surface area contributed by atoms with E-state index in [4.69, 9.17) is 4.74 Å². The molecule has 2 aliphatic carbocycles. The van der Waals surface area contributed by atoms with E-state index in [-0.39, 0.29) is 11.9 Å². The summed E-state index contributed by atoms with van der Waals surface area (Å²) in [6.07, 6.45) is 6.05. The van der Waals surface area contributed by atoms with Gasteiger partial charge in [0, 0.05) is 36.7 Å². The molecular formula is C25H28FN5O. The van der Waals surface area contributed by atoms with Crippen molar-refractivity contribution in [3.63, 3.8) is 0 Å². The lowest BCUT2D eigenvalue weighted by atomic mass is 9.83. The van der Waals surface area contributed by atoms with Gasteiger partial charge in [0.25, 0.3) is 0 Å². The van der Waals surface area contributed by atoms with Crippen LogP contribution in [0.25, 0.3) is 11.0 Å². The van der Waals surface area contributed by atoms with Crippen LogP contribution in [0.2, 0.25) is 0 Å². The first-order valence-electron chi connectivity index (χ1n) is 11.9. The molecule has 32 heavy (non-hydrogen) atoms. The second-order valence-corrected chi connectivity index (χ2v) is 10.1. The van der Waals surface area contributed by atoms with Gasteiger partial charge in [-0.15, -0.1) is 0 Å².